The molecule has 0 aromatic heterocycles. The van der Waals surface area contributed by atoms with Crippen LogP contribution < -0.4 is 0 Å². The van der Waals surface area contributed by atoms with Crippen molar-refractivity contribution in [1.29, 1.82) is 0 Å². The Balaban J connectivity index is 1.46. The average molecular weight is 368 g/mol. The fourth-order valence-electron chi connectivity index (χ4n) is 6.60. The Morgan fingerprint density at radius 1 is 1.15 bits per heavy atom. The lowest BCUT2D eigenvalue weighted by molar-refractivity contribution is 0.0812. The third-order valence-electron chi connectivity index (χ3n) is 8.01. The first-order valence-corrected chi connectivity index (χ1v) is 11.1. The molecule has 2 nitrogen and oxygen atoms in total. The van der Waals surface area contributed by atoms with Crippen molar-refractivity contribution in [2.75, 3.05) is 20.6 Å². The number of unbranched alkanes of at least 4 members (excludes halogenated alkanes) is 2. The van der Waals surface area contributed by atoms with Crippen LogP contribution in [-0.4, -0.2) is 30.6 Å². The third-order valence-corrected chi connectivity index (χ3v) is 8.01. The van der Waals surface area contributed by atoms with Crippen LogP contribution in [0.3, 0.4) is 0 Å². The summed E-state index contributed by atoms with van der Waals surface area (Å²) >= 11 is 0. The Morgan fingerprint density at radius 2 is 2.00 bits per heavy atom. The first-order valence-electron chi connectivity index (χ1n) is 11.1. The number of benzene rings is 1. The summed E-state index contributed by atoms with van der Waals surface area (Å²) in [5.41, 5.74) is 5.20. The molecule has 4 unspecified atom stereocenters. The predicted octanol–water partition coefficient (Wildman–Crippen LogP) is 5.91. The van der Waals surface area contributed by atoms with Gasteiger partial charge in [0.05, 0.1) is 0 Å². The molecule has 1 aromatic rings. The Labute approximate surface area is 165 Å². The van der Waals surface area contributed by atoms with E-state index in [1.54, 1.807) is 11.1 Å². The van der Waals surface area contributed by atoms with Crippen molar-refractivity contribution in [3.63, 3.8) is 0 Å². The fourth-order valence-corrected chi connectivity index (χ4v) is 6.60. The second kappa shape index (κ2) is 7.62. The smallest absolute Gasteiger partial charge is 0.115 e. The molecule has 0 aliphatic heterocycles. The molecule has 4 atom stereocenters. The van der Waals surface area contributed by atoms with Crippen molar-refractivity contribution >= 4 is 0 Å². The Hall–Kier alpha value is -1.28. The standard InChI is InChI=1S/C25H37NO/c1-25-15-14-22-21-12-10-20(27)17-18(21)8-11-23(22)24(25)13-9-19(25)7-5-4-6-16-26(2)3/h7,10,12,17,22-24,27H,4-6,8-9,11,13-16H2,1-3H3/b19-7+. The number of rotatable bonds is 5. The molecule has 2 fully saturated rings. The van der Waals surface area contributed by atoms with E-state index in [1.165, 1.54) is 63.5 Å². The van der Waals surface area contributed by atoms with E-state index in [1.807, 2.05) is 12.1 Å². The summed E-state index contributed by atoms with van der Waals surface area (Å²) in [6.07, 6.45) is 14.4. The van der Waals surface area contributed by atoms with E-state index in [9.17, 15) is 5.11 Å². The van der Waals surface area contributed by atoms with Gasteiger partial charge in [-0.1, -0.05) is 24.6 Å². The van der Waals surface area contributed by atoms with E-state index in [2.05, 4.69) is 38.1 Å². The summed E-state index contributed by atoms with van der Waals surface area (Å²) in [6, 6.07) is 6.15. The highest BCUT2D eigenvalue weighted by Gasteiger charge is 2.52. The number of nitrogens with zero attached hydrogens (tertiary/aromatic N) is 1. The van der Waals surface area contributed by atoms with Crippen LogP contribution in [0.15, 0.2) is 29.8 Å². The van der Waals surface area contributed by atoms with Crippen LogP contribution in [0.5, 0.6) is 5.75 Å². The van der Waals surface area contributed by atoms with Crippen molar-refractivity contribution < 1.29 is 5.11 Å². The second-order valence-corrected chi connectivity index (χ2v) is 9.82. The lowest BCUT2D eigenvalue weighted by Crippen LogP contribution is -2.40. The van der Waals surface area contributed by atoms with Gasteiger partial charge in [0.15, 0.2) is 0 Å². The SMILES string of the molecule is CN(C)CCCC/C=C1\CCC2C3CCc4cc(O)ccc4C3CCC12C. The van der Waals surface area contributed by atoms with Gasteiger partial charge in [0, 0.05) is 0 Å². The molecule has 2 saturated carbocycles. The minimum absolute atomic E-state index is 0.438. The molecule has 4 rings (SSSR count). The van der Waals surface area contributed by atoms with Gasteiger partial charge in [0.2, 0.25) is 0 Å². The molecule has 3 aliphatic rings. The zero-order valence-corrected chi connectivity index (χ0v) is 17.5. The van der Waals surface area contributed by atoms with Gasteiger partial charge in [0.25, 0.3) is 0 Å². The molecule has 2 heteroatoms. The minimum Gasteiger partial charge on any atom is -0.508 e. The van der Waals surface area contributed by atoms with Gasteiger partial charge >= 0.3 is 0 Å². The Morgan fingerprint density at radius 3 is 2.81 bits per heavy atom. The second-order valence-electron chi connectivity index (χ2n) is 9.82. The molecule has 0 spiro atoms. The van der Waals surface area contributed by atoms with Gasteiger partial charge in [-0.15, -0.1) is 0 Å². The number of hydrogen-bond donors (Lipinski definition) is 1. The third kappa shape index (κ3) is 3.58. The monoisotopic (exact) mass is 367 g/mol. The fraction of sp³-hybridized carbons (Fsp3) is 0.680. The van der Waals surface area contributed by atoms with Crippen LogP contribution in [0, 0.1) is 17.3 Å². The van der Waals surface area contributed by atoms with Gasteiger partial charge in [-0.2, -0.15) is 0 Å². The van der Waals surface area contributed by atoms with Crippen molar-refractivity contribution in [3.05, 3.63) is 41.0 Å². The maximum atomic E-state index is 9.85. The van der Waals surface area contributed by atoms with E-state index in [4.69, 9.17) is 0 Å². The normalized spacial score (nSPS) is 33.8. The Bertz CT molecular complexity index is 706. The first-order chi connectivity index (χ1) is 13.0. The molecule has 3 aliphatic carbocycles. The van der Waals surface area contributed by atoms with Gasteiger partial charge in [0.1, 0.15) is 5.75 Å². The van der Waals surface area contributed by atoms with E-state index >= 15 is 0 Å². The molecular weight excluding hydrogens is 330 g/mol. The van der Waals surface area contributed by atoms with Crippen LogP contribution in [0.4, 0.5) is 0 Å². The predicted molar refractivity (Wildman–Crippen MR) is 113 cm³/mol. The molecule has 0 bridgehead atoms. The highest BCUT2D eigenvalue weighted by Crippen LogP contribution is 2.62. The number of fused-ring (bicyclic) bond motifs is 5. The maximum absolute atomic E-state index is 9.85. The molecule has 1 N–H and O–H groups in total. The number of hydrogen-bond acceptors (Lipinski definition) is 2. The largest absolute Gasteiger partial charge is 0.508 e. The van der Waals surface area contributed by atoms with Gasteiger partial charge < -0.3 is 10.0 Å². The van der Waals surface area contributed by atoms with Gasteiger partial charge in [-0.3, -0.25) is 0 Å². The molecule has 1 aromatic carbocycles. The zero-order chi connectivity index (χ0) is 19.0. The number of phenols is 1. The summed E-state index contributed by atoms with van der Waals surface area (Å²) in [5.74, 6) is 2.88. The Kier molecular flexibility index (Phi) is 5.38. The quantitative estimate of drug-likeness (QED) is 0.517. The van der Waals surface area contributed by atoms with E-state index in [0.717, 1.165) is 24.2 Å². The van der Waals surface area contributed by atoms with Crippen molar-refractivity contribution in [2.24, 2.45) is 17.3 Å². The average Bonchev–Trinajstić information content (AvgIpc) is 2.97. The molecule has 0 amide bonds. The minimum atomic E-state index is 0.438. The van der Waals surface area contributed by atoms with Crippen LogP contribution >= 0.6 is 0 Å². The molecule has 148 valence electrons. The van der Waals surface area contributed by atoms with Crippen molar-refractivity contribution in [3.8, 4) is 5.75 Å². The summed E-state index contributed by atoms with van der Waals surface area (Å²) in [5, 5.41) is 9.85. The lowest BCUT2D eigenvalue weighted by atomic mass is 9.55. The summed E-state index contributed by atoms with van der Waals surface area (Å²) in [6.45, 7) is 3.79. The van der Waals surface area contributed by atoms with Crippen LogP contribution in [0.1, 0.15) is 75.3 Å². The van der Waals surface area contributed by atoms with Crippen molar-refractivity contribution in [2.45, 2.75) is 70.6 Å². The molecule has 0 radical (unpaired) electrons. The summed E-state index contributed by atoms with van der Waals surface area (Å²) < 4.78 is 0. The van der Waals surface area contributed by atoms with E-state index < -0.39 is 0 Å². The highest BCUT2D eigenvalue weighted by molar-refractivity contribution is 5.40. The molecule has 0 saturated heterocycles. The first kappa shape index (κ1) is 19.1. The van der Waals surface area contributed by atoms with Crippen LogP contribution in [0.2, 0.25) is 0 Å². The number of aromatic hydroxyl groups is 1. The maximum Gasteiger partial charge on any atom is 0.115 e. The van der Waals surface area contributed by atoms with Crippen LogP contribution in [0.25, 0.3) is 0 Å². The summed E-state index contributed by atoms with van der Waals surface area (Å²) in [7, 11) is 4.34. The van der Waals surface area contributed by atoms with Crippen molar-refractivity contribution in [1.82, 2.24) is 4.90 Å². The number of allylic oxidation sites excluding steroid dienone is 2. The highest BCUT2D eigenvalue weighted by atomic mass is 16.3. The van der Waals surface area contributed by atoms with E-state index in [0.29, 0.717) is 11.2 Å². The zero-order valence-electron chi connectivity index (χ0n) is 17.5. The topological polar surface area (TPSA) is 23.5 Å². The molecule has 27 heavy (non-hydrogen) atoms. The van der Waals surface area contributed by atoms with E-state index in [-0.39, 0.29) is 0 Å². The summed E-state index contributed by atoms with van der Waals surface area (Å²) in [4.78, 5) is 2.29. The molecule has 0 heterocycles. The number of phenolic OH excluding ortho intramolecular Hbond substituents is 1. The number of aryl methyl sites for hydroxylation is 1. The van der Waals surface area contributed by atoms with Crippen LogP contribution in [-0.2, 0) is 6.42 Å². The lowest BCUT2D eigenvalue weighted by Gasteiger charge is -2.49. The van der Waals surface area contributed by atoms with Gasteiger partial charge in [-0.25, -0.2) is 0 Å². The molecular formula is C25H37NO. The van der Waals surface area contributed by atoms with Gasteiger partial charge in [-0.05, 0) is 125 Å².